The lowest BCUT2D eigenvalue weighted by Gasteiger charge is -2.32. The van der Waals surface area contributed by atoms with Crippen LogP contribution in [0.4, 0.5) is 0 Å². The summed E-state index contributed by atoms with van der Waals surface area (Å²) in [4.78, 5) is 8.36. The molecule has 0 spiro atoms. The lowest BCUT2D eigenvalue weighted by Crippen LogP contribution is -2.49. The van der Waals surface area contributed by atoms with Crippen LogP contribution in [0.1, 0.15) is 38.5 Å². The van der Waals surface area contributed by atoms with Gasteiger partial charge in [0, 0.05) is 30.6 Å². The van der Waals surface area contributed by atoms with Gasteiger partial charge in [0.2, 0.25) is 0 Å². The maximum absolute atomic E-state index is 4.31. The number of nitrogens with zero attached hydrogens (tertiary/aromatic N) is 2. The van der Waals surface area contributed by atoms with Crippen LogP contribution in [0.5, 0.6) is 0 Å². The second-order valence-corrected chi connectivity index (χ2v) is 8.16. The van der Waals surface area contributed by atoms with Crippen LogP contribution in [-0.2, 0) is 6.54 Å². The molecular formula is C17H31IN4S. The molecule has 1 saturated heterocycles. The van der Waals surface area contributed by atoms with Gasteiger partial charge in [0.1, 0.15) is 0 Å². The maximum Gasteiger partial charge on any atom is 0.191 e. The molecule has 6 heteroatoms. The SMILES string of the molecule is CN=C(NCC1CCN(Cc2cccs2)CC1)NC(C)(C)C.I. The smallest absolute Gasteiger partial charge is 0.191 e. The van der Waals surface area contributed by atoms with Crippen LogP contribution in [-0.4, -0.2) is 43.1 Å². The first-order valence-corrected chi connectivity index (χ1v) is 9.08. The van der Waals surface area contributed by atoms with Crippen molar-refractivity contribution in [2.24, 2.45) is 10.9 Å². The van der Waals surface area contributed by atoms with Gasteiger partial charge in [-0.2, -0.15) is 0 Å². The summed E-state index contributed by atoms with van der Waals surface area (Å²) in [5.74, 6) is 1.66. The molecule has 0 bridgehead atoms. The van der Waals surface area contributed by atoms with Crippen molar-refractivity contribution in [1.29, 1.82) is 0 Å². The topological polar surface area (TPSA) is 39.7 Å². The molecule has 0 saturated carbocycles. The van der Waals surface area contributed by atoms with Gasteiger partial charge in [-0.3, -0.25) is 9.89 Å². The number of piperidine rings is 1. The number of likely N-dealkylation sites (tertiary alicyclic amines) is 1. The molecule has 132 valence electrons. The van der Waals surface area contributed by atoms with Gasteiger partial charge in [-0.1, -0.05) is 6.07 Å². The molecule has 1 aliphatic heterocycles. The van der Waals surface area contributed by atoms with Gasteiger partial charge in [-0.15, -0.1) is 35.3 Å². The molecule has 2 heterocycles. The zero-order valence-corrected chi connectivity index (χ0v) is 17.9. The Hall–Kier alpha value is -0.340. The standard InChI is InChI=1S/C17H30N4S.HI/c1-17(2,3)20-16(18-4)19-12-14-7-9-21(10-8-14)13-15-6-5-11-22-15;/h5-6,11,14H,7-10,12-13H2,1-4H3,(H2,18,19,20);1H. The summed E-state index contributed by atoms with van der Waals surface area (Å²) in [6.07, 6.45) is 2.54. The van der Waals surface area contributed by atoms with Gasteiger partial charge in [-0.05, 0) is 64.1 Å². The van der Waals surface area contributed by atoms with Gasteiger partial charge < -0.3 is 10.6 Å². The predicted octanol–water partition coefficient (Wildman–Crippen LogP) is 3.54. The zero-order chi connectivity index (χ0) is 16.0. The highest BCUT2D eigenvalue weighted by molar-refractivity contribution is 14.0. The van der Waals surface area contributed by atoms with Crippen LogP contribution in [0.15, 0.2) is 22.5 Å². The number of rotatable bonds is 4. The van der Waals surface area contributed by atoms with Crippen LogP contribution < -0.4 is 10.6 Å². The van der Waals surface area contributed by atoms with Crippen molar-refractivity contribution < 1.29 is 0 Å². The molecule has 0 radical (unpaired) electrons. The molecule has 1 aromatic heterocycles. The Morgan fingerprint density at radius 1 is 1.35 bits per heavy atom. The molecule has 0 unspecified atom stereocenters. The van der Waals surface area contributed by atoms with E-state index in [0.29, 0.717) is 0 Å². The normalized spacial score (nSPS) is 17.7. The van der Waals surface area contributed by atoms with Crippen molar-refractivity contribution in [1.82, 2.24) is 15.5 Å². The van der Waals surface area contributed by atoms with Gasteiger partial charge in [0.25, 0.3) is 0 Å². The minimum absolute atomic E-state index is 0. The zero-order valence-electron chi connectivity index (χ0n) is 14.8. The fourth-order valence-corrected chi connectivity index (χ4v) is 3.49. The molecule has 0 amide bonds. The third-order valence-electron chi connectivity index (χ3n) is 3.94. The fourth-order valence-electron chi connectivity index (χ4n) is 2.75. The number of guanidine groups is 1. The quantitative estimate of drug-likeness (QED) is 0.419. The summed E-state index contributed by atoms with van der Waals surface area (Å²) >= 11 is 1.86. The third-order valence-corrected chi connectivity index (χ3v) is 4.80. The van der Waals surface area contributed by atoms with E-state index >= 15 is 0 Å². The van der Waals surface area contributed by atoms with E-state index in [1.54, 1.807) is 0 Å². The van der Waals surface area contributed by atoms with E-state index in [-0.39, 0.29) is 29.5 Å². The average molecular weight is 450 g/mol. The largest absolute Gasteiger partial charge is 0.356 e. The average Bonchev–Trinajstić information content (AvgIpc) is 2.97. The molecular weight excluding hydrogens is 419 g/mol. The van der Waals surface area contributed by atoms with Crippen molar-refractivity contribution in [3.8, 4) is 0 Å². The van der Waals surface area contributed by atoms with Crippen molar-refractivity contribution in [3.05, 3.63) is 22.4 Å². The number of aliphatic imine (C=N–C) groups is 1. The Bertz CT molecular complexity index is 459. The van der Waals surface area contributed by atoms with E-state index in [0.717, 1.165) is 25.0 Å². The molecule has 4 nitrogen and oxygen atoms in total. The van der Waals surface area contributed by atoms with Crippen LogP contribution in [0.2, 0.25) is 0 Å². The molecule has 1 aromatic rings. The van der Waals surface area contributed by atoms with E-state index in [4.69, 9.17) is 0 Å². The Labute approximate surface area is 162 Å². The number of thiophene rings is 1. The van der Waals surface area contributed by atoms with E-state index in [1.807, 2.05) is 18.4 Å². The van der Waals surface area contributed by atoms with Crippen molar-refractivity contribution in [2.45, 2.75) is 45.7 Å². The summed E-state index contributed by atoms with van der Waals surface area (Å²) in [7, 11) is 1.84. The molecule has 2 rings (SSSR count). The first-order valence-electron chi connectivity index (χ1n) is 8.20. The Morgan fingerprint density at radius 2 is 2.04 bits per heavy atom. The van der Waals surface area contributed by atoms with Gasteiger partial charge >= 0.3 is 0 Å². The molecule has 23 heavy (non-hydrogen) atoms. The monoisotopic (exact) mass is 450 g/mol. The highest BCUT2D eigenvalue weighted by Crippen LogP contribution is 2.20. The number of halogens is 1. The number of nitrogens with one attached hydrogen (secondary N) is 2. The first-order chi connectivity index (χ1) is 10.5. The maximum atomic E-state index is 4.31. The molecule has 0 aliphatic carbocycles. The molecule has 2 N–H and O–H groups in total. The minimum Gasteiger partial charge on any atom is -0.356 e. The molecule has 1 fully saturated rings. The molecule has 0 atom stereocenters. The minimum atomic E-state index is 0. The second kappa shape index (κ2) is 9.84. The van der Waals surface area contributed by atoms with E-state index in [1.165, 1.54) is 30.8 Å². The van der Waals surface area contributed by atoms with Gasteiger partial charge in [-0.25, -0.2) is 0 Å². The van der Waals surface area contributed by atoms with Crippen LogP contribution in [0.3, 0.4) is 0 Å². The van der Waals surface area contributed by atoms with Gasteiger partial charge in [0.15, 0.2) is 5.96 Å². The highest BCUT2D eigenvalue weighted by Gasteiger charge is 2.20. The third kappa shape index (κ3) is 7.85. The number of hydrogen-bond acceptors (Lipinski definition) is 3. The van der Waals surface area contributed by atoms with E-state index in [2.05, 4.69) is 58.8 Å². The predicted molar refractivity (Wildman–Crippen MR) is 112 cm³/mol. The first kappa shape index (κ1) is 20.7. The van der Waals surface area contributed by atoms with Crippen LogP contribution in [0.25, 0.3) is 0 Å². The Morgan fingerprint density at radius 3 is 2.57 bits per heavy atom. The molecule has 1 aliphatic rings. The van der Waals surface area contributed by atoms with Crippen molar-refractivity contribution in [2.75, 3.05) is 26.7 Å². The van der Waals surface area contributed by atoms with E-state index < -0.39 is 0 Å². The lowest BCUT2D eigenvalue weighted by molar-refractivity contribution is 0.179. The van der Waals surface area contributed by atoms with Crippen LogP contribution >= 0.6 is 35.3 Å². The summed E-state index contributed by atoms with van der Waals surface area (Å²) in [6.45, 7) is 11.0. The van der Waals surface area contributed by atoms with Crippen molar-refractivity contribution >= 4 is 41.3 Å². The lowest BCUT2D eigenvalue weighted by atomic mass is 9.97. The van der Waals surface area contributed by atoms with Gasteiger partial charge in [0.05, 0.1) is 0 Å². The highest BCUT2D eigenvalue weighted by atomic mass is 127. The van der Waals surface area contributed by atoms with Crippen molar-refractivity contribution in [3.63, 3.8) is 0 Å². The summed E-state index contributed by atoms with van der Waals surface area (Å²) in [6, 6.07) is 4.38. The van der Waals surface area contributed by atoms with Crippen LogP contribution in [0, 0.1) is 5.92 Å². The summed E-state index contributed by atoms with van der Waals surface area (Å²) < 4.78 is 0. The molecule has 0 aromatic carbocycles. The number of hydrogen-bond donors (Lipinski definition) is 2. The summed E-state index contributed by atoms with van der Waals surface area (Å²) in [5.41, 5.74) is 0.0475. The van der Waals surface area contributed by atoms with E-state index in [9.17, 15) is 0 Å². The summed E-state index contributed by atoms with van der Waals surface area (Å²) in [5, 5.41) is 9.06. The Kier molecular flexibility index (Phi) is 8.85. The second-order valence-electron chi connectivity index (χ2n) is 7.13. The fraction of sp³-hybridized carbons (Fsp3) is 0.706. The Balaban J connectivity index is 0.00000264.